The molecule has 23 heavy (non-hydrogen) atoms. The van der Waals surface area contributed by atoms with Crippen LogP contribution in [0.25, 0.3) is 0 Å². The monoisotopic (exact) mass is 342 g/mol. The first-order chi connectivity index (χ1) is 10.9. The molecule has 0 aliphatic rings. The maximum absolute atomic E-state index is 13.4. The van der Waals surface area contributed by atoms with Crippen LogP contribution in [0.3, 0.4) is 0 Å². The number of ether oxygens (including phenoxy) is 1. The van der Waals surface area contributed by atoms with Crippen LogP contribution in [-0.4, -0.2) is 20.9 Å². The van der Waals surface area contributed by atoms with E-state index in [1.54, 1.807) is 4.83 Å². The summed E-state index contributed by atoms with van der Waals surface area (Å²) in [5.41, 5.74) is 1.87. The molecule has 2 rings (SSSR count). The van der Waals surface area contributed by atoms with Crippen LogP contribution < -0.4 is 15.0 Å². The SMILES string of the molecule is O=C(COc1cccc(F)c1)NNS(=O)(=O)c1ccccc1F. The van der Waals surface area contributed by atoms with Crippen molar-refractivity contribution >= 4 is 15.9 Å². The number of hydrogen-bond acceptors (Lipinski definition) is 4. The minimum Gasteiger partial charge on any atom is -0.484 e. The van der Waals surface area contributed by atoms with Crippen molar-refractivity contribution in [3.63, 3.8) is 0 Å². The summed E-state index contributed by atoms with van der Waals surface area (Å²) < 4.78 is 55.0. The van der Waals surface area contributed by atoms with Crippen molar-refractivity contribution in [2.45, 2.75) is 4.90 Å². The van der Waals surface area contributed by atoms with Crippen molar-refractivity contribution in [1.82, 2.24) is 10.3 Å². The number of halogens is 2. The van der Waals surface area contributed by atoms with Gasteiger partial charge in [0.05, 0.1) is 0 Å². The number of carbonyl (C=O) groups is 1. The summed E-state index contributed by atoms with van der Waals surface area (Å²) in [6, 6.07) is 9.79. The highest BCUT2D eigenvalue weighted by atomic mass is 32.2. The molecule has 0 heterocycles. The van der Waals surface area contributed by atoms with Gasteiger partial charge in [-0.15, -0.1) is 4.83 Å². The van der Waals surface area contributed by atoms with Gasteiger partial charge in [-0.2, -0.15) is 0 Å². The van der Waals surface area contributed by atoms with Crippen LogP contribution in [0.5, 0.6) is 5.75 Å². The first-order valence-electron chi connectivity index (χ1n) is 6.32. The van der Waals surface area contributed by atoms with Crippen molar-refractivity contribution in [1.29, 1.82) is 0 Å². The third-order valence-corrected chi connectivity index (χ3v) is 3.90. The number of amides is 1. The zero-order valence-corrected chi connectivity index (χ0v) is 12.4. The molecule has 122 valence electrons. The van der Waals surface area contributed by atoms with Crippen molar-refractivity contribution in [3.05, 3.63) is 60.2 Å². The van der Waals surface area contributed by atoms with Gasteiger partial charge in [0.2, 0.25) is 0 Å². The molecule has 0 aliphatic carbocycles. The zero-order valence-electron chi connectivity index (χ0n) is 11.6. The first kappa shape index (κ1) is 16.8. The molecule has 0 aliphatic heterocycles. The molecule has 0 spiro atoms. The standard InChI is InChI=1S/C14H12F2N2O4S/c15-10-4-3-5-11(8-10)22-9-14(19)17-18-23(20,21)13-7-2-1-6-12(13)16/h1-8,18H,9H2,(H,17,19). The van der Waals surface area contributed by atoms with Gasteiger partial charge in [-0.25, -0.2) is 17.2 Å². The van der Waals surface area contributed by atoms with E-state index in [0.29, 0.717) is 0 Å². The summed E-state index contributed by atoms with van der Waals surface area (Å²) in [4.78, 5) is 12.7. The average Bonchev–Trinajstić information content (AvgIpc) is 2.51. The van der Waals surface area contributed by atoms with Gasteiger partial charge in [0, 0.05) is 6.07 Å². The Bertz CT molecular complexity index is 812. The zero-order chi connectivity index (χ0) is 16.9. The summed E-state index contributed by atoms with van der Waals surface area (Å²) in [5.74, 6) is -2.22. The molecule has 0 saturated carbocycles. The summed E-state index contributed by atoms with van der Waals surface area (Å²) in [6.45, 7) is -0.552. The van der Waals surface area contributed by atoms with E-state index in [1.165, 1.54) is 30.3 Å². The molecule has 0 aromatic heterocycles. The molecule has 2 N–H and O–H groups in total. The molecule has 0 fully saturated rings. The lowest BCUT2D eigenvalue weighted by Gasteiger charge is -2.10. The summed E-state index contributed by atoms with van der Waals surface area (Å²) in [6.07, 6.45) is 0. The van der Waals surface area contributed by atoms with Crippen LogP contribution in [0.15, 0.2) is 53.4 Å². The third-order valence-electron chi connectivity index (χ3n) is 2.62. The first-order valence-corrected chi connectivity index (χ1v) is 7.80. The van der Waals surface area contributed by atoms with Crippen LogP contribution >= 0.6 is 0 Å². The van der Waals surface area contributed by atoms with Gasteiger partial charge in [-0.3, -0.25) is 10.2 Å². The van der Waals surface area contributed by atoms with Crippen LogP contribution in [0.4, 0.5) is 8.78 Å². The molecule has 0 atom stereocenters. The second-order valence-electron chi connectivity index (χ2n) is 4.33. The van der Waals surface area contributed by atoms with Gasteiger partial charge < -0.3 is 4.74 Å². The van der Waals surface area contributed by atoms with Gasteiger partial charge in [0.15, 0.2) is 6.61 Å². The maximum atomic E-state index is 13.4. The Hall–Kier alpha value is -2.52. The van der Waals surface area contributed by atoms with Crippen LogP contribution in [0.1, 0.15) is 0 Å². The second-order valence-corrected chi connectivity index (χ2v) is 5.98. The van der Waals surface area contributed by atoms with E-state index in [2.05, 4.69) is 0 Å². The summed E-state index contributed by atoms with van der Waals surface area (Å²) in [7, 11) is -4.25. The largest absolute Gasteiger partial charge is 0.484 e. The molecule has 9 heteroatoms. The minimum absolute atomic E-state index is 0.108. The highest BCUT2D eigenvalue weighted by Crippen LogP contribution is 2.13. The fourth-order valence-corrected chi connectivity index (χ4v) is 2.52. The lowest BCUT2D eigenvalue weighted by molar-refractivity contribution is -0.123. The quantitative estimate of drug-likeness (QED) is 0.776. The molecule has 0 saturated heterocycles. The van der Waals surface area contributed by atoms with E-state index >= 15 is 0 Å². The highest BCUT2D eigenvalue weighted by molar-refractivity contribution is 7.89. The molecular formula is C14H12F2N2O4S. The lowest BCUT2D eigenvalue weighted by Crippen LogP contribution is -2.43. The van der Waals surface area contributed by atoms with E-state index in [9.17, 15) is 22.0 Å². The molecule has 0 unspecified atom stereocenters. The van der Waals surface area contributed by atoms with Crippen LogP contribution in [0, 0.1) is 11.6 Å². The highest BCUT2D eigenvalue weighted by Gasteiger charge is 2.19. The molecule has 2 aromatic carbocycles. The lowest BCUT2D eigenvalue weighted by atomic mass is 10.3. The Morgan fingerprint density at radius 3 is 2.52 bits per heavy atom. The van der Waals surface area contributed by atoms with Crippen molar-refractivity contribution in [3.8, 4) is 5.75 Å². The number of sulfonamides is 1. The molecule has 6 nitrogen and oxygen atoms in total. The summed E-state index contributed by atoms with van der Waals surface area (Å²) in [5, 5.41) is 0. The van der Waals surface area contributed by atoms with E-state index < -0.39 is 39.1 Å². The maximum Gasteiger partial charge on any atom is 0.272 e. The number of hydrazine groups is 1. The van der Waals surface area contributed by atoms with Gasteiger partial charge in [-0.05, 0) is 24.3 Å². The van der Waals surface area contributed by atoms with Crippen molar-refractivity contribution in [2.75, 3.05) is 6.61 Å². The second kappa shape index (κ2) is 7.16. The van der Waals surface area contributed by atoms with Gasteiger partial charge >= 0.3 is 0 Å². The number of hydrogen-bond donors (Lipinski definition) is 2. The van der Waals surface area contributed by atoms with E-state index in [4.69, 9.17) is 4.74 Å². The Kier molecular flexibility index (Phi) is 5.24. The normalized spacial score (nSPS) is 11.0. The fourth-order valence-electron chi connectivity index (χ4n) is 1.58. The topological polar surface area (TPSA) is 84.5 Å². The molecule has 0 radical (unpaired) electrons. The summed E-state index contributed by atoms with van der Waals surface area (Å²) >= 11 is 0. The Morgan fingerprint density at radius 1 is 1.09 bits per heavy atom. The third kappa shape index (κ3) is 4.73. The molecular weight excluding hydrogens is 330 g/mol. The number of nitrogens with one attached hydrogen (secondary N) is 2. The predicted molar refractivity (Wildman–Crippen MR) is 76.8 cm³/mol. The Balaban J connectivity index is 1.90. The van der Waals surface area contributed by atoms with E-state index in [0.717, 1.165) is 18.2 Å². The minimum atomic E-state index is -4.25. The predicted octanol–water partition coefficient (Wildman–Crippen LogP) is 1.35. The number of rotatable bonds is 6. The molecule has 1 amide bonds. The average molecular weight is 342 g/mol. The smallest absolute Gasteiger partial charge is 0.272 e. The van der Waals surface area contributed by atoms with Gasteiger partial charge in [-0.1, -0.05) is 18.2 Å². The fraction of sp³-hybridized carbons (Fsp3) is 0.0714. The molecule has 0 bridgehead atoms. The van der Waals surface area contributed by atoms with Crippen molar-refractivity contribution < 1.29 is 26.7 Å². The number of benzene rings is 2. The van der Waals surface area contributed by atoms with Crippen LogP contribution in [-0.2, 0) is 14.8 Å². The van der Waals surface area contributed by atoms with E-state index in [1.807, 2.05) is 5.43 Å². The van der Waals surface area contributed by atoms with Gasteiger partial charge in [0.25, 0.3) is 15.9 Å². The van der Waals surface area contributed by atoms with Gasteiger partial charge in [0.1, 0.15) is 22.3 Å². The number of carbonyl (C=O) groups excluding carboxylic acids is 1. The Labute approximate surface area is 131 Å². The van der Waals surface area contributed by atoms with Crippen LogP contribution in [0.2, 0.25) is 0 Å². The van der Waals surface area contributed by atoms with Crippen molar-refractivity contribution in [2.24, 2.45) is 0 Å². The Morgan fingerprint density at radius 2 is 1.83 bits per heavy atom. The van der Waals surface area contributed by atoms with E-state index in [-0.39, 0.29) is 5.75 Å². The molecule has 2 aromatic rings.